The molecule has 27 heavy (non-hydrogen) atoms. The topological polar surface area (TPSA) is 98.0 Å². The standard InChI is InChI=1S/C22H40O5/c1-3-4-9-16(2)14-17(23)12-13-19-18(20(24)15-21(19)25)10-7-5-6-8-11-22(26)27/h12-13,16-21,23-25H,3-11,14-15H2,1-2H3,(H,26,27)/b13-12+/t16-,17+,18+,19+,20-,21+/m0/s1. The highest BCUT2D eigenvalue weighted by molar-refractivity contribution is 5.66. The van der Waals surface area contributed by atoms with Crippen LogP contribution in [-0.4, -0.2) is 44.7 Å². The van der Waals surface area contributed by atoms with Crippen LogP contribution in [0.1, 0.15) is 84.5 Å². The molecular weight excluding hydrogens is 344 g/mol. The van der Waals surface area contributed by atoms with Gasteiger partial charge in [0, 0.05) is 18.8 Å². The number of carbonyl (C=O) groups is 1. The highest BCUT2D eigenvalue weighted by Crippen LogP contribution is 2.37. The summed E-state index contributed by atoms with van der Waals surface area (Å²) in [4.78, 5) is 10.5. The van der Waals surface area contributed by atoms with E-state index in [-0.39, 0.29) is 18.3 Å². The van der Waals surface area contributed by atoms with Gasteiger partial charge in [-0.3, -0.25) is 4.79 Å². The van der Waals surface area contributed by atoms with Crippen molar-refractivity contribution in [1.29, 1.82) is 0 Å². The summed E-state index contributed by atoms with van der Waals surface area (Å²) < 4.78 is 0. The summed E-state index contributed by atoms with van der Waals surface area (Å²) in [6.07, 6.45) is 11.2. The Morgan fingerprint density at radius 2 is 1.81 bits per heavy atom. The fourth-order valence-corrected chi connectivity index (χ4v) is 4.20. The molecule has 0 unspecified atom stereocenters. The normalized spacial score (nSPS) is 27.9. The predicted molar refractivity (Wildman–Crippen MR) is 107 cm³/mol. The maximum absolute atomic E-state index is 10.5. The number of aliphatic carboxylic acids is 1. The van der Waals surface area contributed by atoms with Gasteiger partial charge in [0.05, 0.1) is 18.3 Å². The van der Waals surface area contributed by atoms with Crippen LogP contribution in [0.4, 0.5) is 0 Å². The lowest BCUT2D eigenvalue weighted by Crippen LogP contribution is -2.21. The van der Waals surface area contributed by atoms with Crippen LogP contribution in [0.3, 0.4) is 0 Å². The molecule has 1 aliphatic rings. The Hall–Kier alpha value is -0.910. The van der Waals surface area contributed by atoms with Crippen molar-refractivity contribution in [1.82, 2.24) is 0 Å². The highest BCUT2D eigenvalue weighted by atomic mass is 16.4. The van der Waals surface area contributed by atoms with E-state index in [1.54, 1.807) is 6.08 Å². The van der Waals surface area contributed by atoms with Crippen LogP contribution in [0.2, 0.25) is 0 Å². The molecule has 0 heterocycles. The molecule has 4 N–H and O–H groups in total. The fraction of sp³-hybridized carbons (Fsp3) is 0.864. The third-order valence-electron chi connectivity index (χ3n) is 5.84. The summed E-state index contributed by atoms with van der Waals surface area (Å²) in [6, 6.07) is 0. The molecule has 0 aromatic rings. The number of hydrogen-bond donors (Lipinski definition) is 4. The first-order valence-electron chi connectivity index (χ1n) is 10.8. The van der Waals surface area contributed by atoms with E-state index in [0.29, 0.717) is 18.8 Å². The first kappa shape index (κ1) is 24.1. The van der Waals surface area contributed by atoms with Gasteiger partial charge in [0.1, 0.15) is 0 Å². The molecule has 158 valence electrons. The molecule has 6 atom stereocenters. The van der Waals surface area contributed by atoms with Gasteiger partial charge in [-0.1, -0.05) is 64.5 Å². The van der Waals surface area contributed by atoms with Gasteiger partial charge in [0.25, 0.3) is 0 Å². The Morgan fingerprint density at radius 1 is 1.11 bits per heavy atom. The molecule has 1 aliphatic carbocycles. The smallest absolute Gasteiger partial charge is 0.303 e. The molecule has 0 radical (unpaired) electrons. The van der Waals surface area contributed by atoms with E-state index in [2.05, 4.69) is 13.8 Å². The minimum atomic E-state index is -0.753. The van der Waals surface area contributed by atoms with E-state index in [1.165, 1.54) is 12.8 Å². The van der Waals surface area contributed by atoms with Gasteiger partial charge in [0.2, 0.25) is 0 Å². The van der Waals surface area contributed by atoms with Crippen molar-refractivity contribution in [3.63, 3.8) is 0 Å². The summed E-state index contributed by atoms with van der Waals surface area (Å²) in [7, 11) is 0. The second-order valence-electron chi connectivity index (χ2n) is 8.39. The van der Waals surface area contributed by atoms with Gasteiger partial charge in [-0.2, -0.15) is 0 Å². The van der Waals surface area contributed by atoms with Crippen molar-refractivity contribution in [2.75, 3.05) is 0 Å². The quantitative estimate of drug-likeness (QED) is 0.269. The lowest BCUT2D eigenvalue weighted by molar-refractivity contribution is -0.137. The molecule has 0 bridgehead atoms. The molecule has 0 amide bonds. The number of carboxylic acid groups (broad SMARTS) is 1. The largest absolute Gasteiger partial charge is 0.481 e. The van der Waals surface area contributed by atoms with E-state index in [0.717, 1.165) is 38.5 Å². The number of aliphatic hydroxyl groups excluding tert-OH is 3. The van der Waals surface area contributed by atoms with Crippen LogP contribution in [0.15, 0.2) is 12.2 Å². The van der Waals surface area contributed by atoms with Gasteiger partial charge < -0.3 is 20.4 Å². The molecule has 1 rings (SSSR count). The first-order chi connectivity index (χ1) is 12.8. The molecule has 0 saturated heterocycles. The third kappa shape index (κ3) is 9.72. The van der Waals surface area contributed by atoms with Crippen molar-refractivity contribution >= 4 is 5.97 Å². The Kier molecular flexibility index (Phi) is 11.9. The fourth-order valence-electron chi connectivity index (χ4n) is 4.20. The predicted octanol–water partition coefficient (Wildman–Crippen LogP) is 3.90. The van der Waals surface area contributed by atoms with Gasteiger partial charge in [0.15, 0.2) is 0 Å². The van der Waals surface area contributed by atoms with Crippen molar-refractivity contribution in [3.8, 4) is 0 Å². The summed E-state index contributed by atoms with van der Waals surface area (Å²) in [5.74, 6) is -0.373. The maximum atomic E-state index is 10.5. The van der Waals surface area contributed by atoms with Gasteiger partial charge in [-0.15, -0.1) is 0 Å². The van der Waals surface area contributed by atoms with Crippen LogP contribution in [0.25, 0.3) is 0 Å². The number of rotatable bonds is 14. The van der Waals surface area contributed by atoms with Gasteiger partial charge in [-0.25, -0.2) is 0 Å². The minimum Gasteiger partial charge on any atom is -0.481 e. The van der Waals surface area contributed by atoms with Crippen LogP contribution in [0, 0.1) is 17.8 Å². The molecular formula is C22H40O5. The Labute approximate surface area is 164 Å². The van der Waals surface area contributed by atoms with Crippen molar-refractivity contribution in [2.24, 2.45) is 17.8 Å². The summed E-state index contributed by atoms with van der Waals surface area (Å²) in [5, 5.41) is 39.5. The van der Waals surface area contributed by atoms with Crippen LogP contribution >= 0.6 is 0 Å². The Bertz CT molecular complexity index is 436. The van der Waals surface area contributed by atoms with Crippen LogP contribution in [0.5, 0.6) is 0 Å². The van der Waals surface area contributed by atoms with E-state index in [9.17, 15) is 20.1 Å². The summed E-state index contributed by atoms with van der Waals surface area (Å²) >= 11 is 0. The zero-order valence-corrected chi connectivity index (χ0v) is 17.1. The van der Waals surface area contributed by atoms with Crippen LogP contribution < -0.4 is 0 Å². The lowest BCUT2D eigenvalue weighted by atomic mass is 9.87. The second-order valence-corrected chi connectivity index (χ2v) is 8.39. The molecule has 1 fully saturated rings. The second kappa shape index (κ2) is 13.3. The SMILES string of the molecule is CCCC[C@H](C)C[C@H](O)/C=C/[C@@H]1[C@@H](CCCCCCC(=O)O)[C@@H](O)C[C@H]1O. The zero-order chi connectivity index (χ0) is 20.2. The highest BCUT2D eigenvalue weighted by Gasteiger charge is 2.39. The molecule has 0 aromatic heterocycles. The summed E-state index contributed by atoms with van der Waals surface area (Å²) in [5.41, 5.74) is 0. The maximum Gasteiger partial charge on any atom is 0.303 e. The molecule has 5 heteroatoms. The lowest BCUT2D eigenvalue weighted by Gasteiger charge is -2.21. The molecule has 0 aliphatic heterocycles. The number of aliphatic hydroxyl groups is 3. The number of carboxylic acids is 1. The van der Waals surface area contributed by atoms with Gasteiger partial charge in [-0.05, 0) is 31.1 Å². The molecule has 0 aromatic carbocycles. The average molecular weight is 385 g/mol. The summed E-state index contributed by atoms with van der Waals surface area (Å²) in [6.45, 7) is 4.33. The third-order valence-corrected chi connectivity index (χ3v) is 5.84. The minimum absolute atomic E-state index is 0.0143. The van der Waals surface area contributed by atoms with Crippen molar-refractivity contribution in [3.05, 3.63) is 12.2 Å². The van der Waals surface area contributed by atoms with E-state index >= 15 is 0 Å². The van der Waals surface area contributed by atoms with E-state index in [4.69, 9.17) is 5.11 Å². The number of unbranched alkanes of at least 4 members (excludes halogenated alkanes) is 4. The van der Waals surface area contributed by atoms with Crippen molar-refractivity contribution in [2.45, 2.75) is 103 Å². The molecule has 0 spiro atoms. The first-order valence-corrected chi connectivity index (χ1v) is 10.8. The van der Waals surface area contributed by atoms with E-state index in [1.807, 2.05) is 6.08 Å². The Balaban J connectivity index is 2.42. The van der Waals surface area contributed by atoms with Crippen molar-refractivity contribution < 1.29 is 25.2 Å². The van der Waals surface area contributed by atoms with Crippen LogP contribution in [-0.2, 0) is 4.79 Å². The molecule has 1 saturated carbocycles. The average Bonchev–Trinajstić information content (AvgIpc) is 2.87. The molecule has 5 nitrogen and oxygen atoms in total. The Morgan fingerprint density at radius 3 is 2.48 bits per heavy atom. The van der Waals surface area contributed by atoms with E-state index < -0.39 is 24.3 Å². The monoisotopic (exact) mass is 384 g/mol. The van der Waals surface area contributed by atoms with Gasteiger partial charge >= 0.3 is 5.97 Å². The number of hydrogen-bond acceptors (Lipinski definition) is 4. The zero-order valence-electron chi connectivity index (χ0n) is 17.1.